The van der Waals surface area contributed by atoms with E-state index in [4.69, 9.17) is 5.73 Å². The molecular formula is C20H29N5O3. The van der Waals surface area contributed by atoms with E-state index in [9.17, 15) is 14.4 Å². The molecule has 0 bridgehead atoms. The van der Waals surface area contributed by atoms with Crippen LogP contribution in [0.15, 0.2) is 39.9 Å². The highest BCUT2D eigenvalue weighted by Gasteiger charge is 2.23. The van der Waals surface area contributed by atoms with Crippen LogP contribution in [0.2, 0.25) is 0 Å². The van der Waals surface area contributed by atoms with Crippen LogP contribution in [0, 0.1) is 0 Å². The van der Waals surface area contributed by atoms with Gasteiger partial charge in [0, 0.05) is 6.54 Å². The zero-order chi connectivity index (χ0) is 20.7. The van der Waals surface area contributed by atoms with Gasteiger partial charge in [-0.1, -0.05) is 43.7 Å². The van der Waals surface area contributed by atoms with Crippen LogP contribution in [0.5, 0.6) is 0 Å². The molecular weight excluding hydrogens is 358 g/mol. The van der Waals surface area contributed by atoms with Gasteiger partial charge in [-0.3, -0.25) is 24.0 Å². The Hall–Kier alpha value is -2.87. The molecule has 0 aliphatic heterocycles. The number of unbranched alkanes of at least 4 members (excludes halogenated alkanes) is 1. The number of rotatable bonds is 9. The summed E-state index contributed by atoms with van der Waals surface area (Å²) in [5.41, 5.74) is 5.82. The first-order valence-electron chi connectivity index (χ1n) is 9.54. The van der Waals surface area contributed by atoms with Gasteiger partial charge >= 0.3 is 5.69 Å². The van der Waals surface area contributed by atoms with Crippen LogP contribution in [0.1, 0.15) is 32.3 Å². The van der Waals surface area contributed by atoms with Crippen molar-refractivity contribution < 1.29 is 4.79 Å². The number of hydrogen-bond acceptors (Lipinski definition) is 5. The second kappa shape index (κ2) is 9.89. The number of nitrogens with zero attached hydrogens (tertiary/aromatic N) is 3. The van der Waals surface area contributed by atoms with Gasteiger partial charge in [0.1, 0.15) is 5.82 Å². The van der Waals surface area contributed by atoms with E-state index in [1.165, 1.54) is 9.47 Å². The normalized spacial score (nSPS) is 11.0. The molecule has 0 fully saturated rings. The lowest BCUT2D eigenvalue weighted by Gasteiger charge is -2.25. The second-order valence-corrected chi connectivity index (χ2v) is 6.79. The molecule has 0 atom stereocenters. The molecule has 0 spiro atoms. The molecule has 0 radical (unpaired) electrons. The van der Waals surface area contributed by atoms with Crippen LogP contribution in [-0.2, 0) is 11.3 Å². The summed E-state index contributed by atoms with van der Waals surface area (Å²) in [6.45, 7) is 5.30. The molecule has 0 unspecified atom stereocenters. The average molecular weight is 387 g/mol. The van der Waals surface area contributed by atoms with Gasteiger partial charge < -0.3 is 10.6 Å². The van der Waals surface area contributed by atoms with Gasteiger partial charge in [0.25, 0.3) is 5.56 Å². The summed E-state index contributed by atoms with van der Waals surface area (Å²) in [5.74, 6) is -0.243. The fourth-order valence-electron chi connectivity index (χ4n) is 3.04. The predicted octanol–water partition coefficient (Wildman–Crippen LogP) is 1.25. The third-order valence-corrected chi connectivity index (χ3v) is 4.58. The van der Waals surface area contributed by atoms with Crippen LogP contribution in [-0.4, -0.2) is 47.0 Å². The highest BCUT2D eigenvalue weighted by Crippen LogP contribution is 2.18. The maximum absolute atomic E-state index is 12.8. The number of aromatic nitrogens is 2. The first-order valence-corrected chi connectivity index (χ1v) is 9.54. The highest BCUT2D eigenvalue weighted by atomic mass is 16.2. The smallest absolute Gasteiger partial charge is 0.330 e. The molecule has 2 rings (SSSR count). The Balaban J connectivity index is 2.37. The Labute approximate surface area is 164 Å². The van der Waals surface area contributed by atoms with Crippen molar-refractivity contribution in [3.63, 3.8) is 0 Å². The minimum absolute atomic E-state index is 0.0102. The molecule has 0 saturated carbocycles. The number of carbonyl (C=O) groups is 1. The number of anilines is 2. The van der Waals surface area contributed by atoms with Crippen molar-refractivity contribution in [2.24, 2.45) is 0 Å². The zero-order valence-corrected chi connectivity index (χ0v) is 16.8. The van der Waals surface area contributed by atoms with Gasteiger partial charge in [0.2, 0.25) is 5.91 Å². The number of benzene rings is 1. The second-order valence-electron chi connectivity index (χ2n) is 6.79. The summed E-state index contributed by atoms with van der Waals surface area (Å²) in [5, 5.41) is 0. The molecule has 0 saturated heterocycles. The minimum atomic E-state index is -0.654. The fourth-order valence-corrected chi connectivity index (χ4v) is 3.04. The van der Waals surface area contributed by atoms with Crippen molar-refractivity contribution in [1.29, 1.82) is 0 Å². The van der Waals surface area contributed by atoms with E-state index in [1.54, 1.807) is 6.92 Å². The third-order valence-electron chi connectivity index (χ3n) is 4.58. The molecule has 28 heavy (non-hydrogen) atoms. The molecule has 8 heteroatoms. The van der Waals surface area contributed by atoms with Gasteiger partial charge in [-0.05, 0) is 32.5 Å². The monoisotopic (exact) mass is 387 g/mol. The fraction of sp³-hybridized carbons (Fsp3) is 0.450. The number of nitrogens with one attached hydrogen (secondary N) is 1. The number of aromatic amines is 1. The number of carbonyl (C=O) groups excluding carboxylic acids is 1. The molecule has 0 aliphatic carbocycles. The molecule has 1 aromatic heterocycles. The van der Waals surface area contributed by atoms with E-state index in [0.717, 1.165) is 24.9 Å². The number of nitrogen functional groups attached to an aromatic ring is 1. The Morgan fingerprint density at radius 3 is 2.46 bits per heavy atom. The molecule has 1 heterocycles. The predicted molar refractivity (Wildman–Crippen MR) is 112 cm³/mol. The molecule has 1 amide bonds. The quantitative estimate of drug-likeness (QED) is 0.674. The van der Waals surface area contributed by atoms with Crippen molar-refractivity contribution in [3.05, 3.63) is 56.7 Å². The van der Waals surface area contributed by atoms with Crippen molar-refractivity contribution in [2.45, 2.75) is 33.2 Å². The maximum Gasteiger partial charge on any atom is 0.330 e. The first-order chi connectivity index (χ1) is 13.4. The van der Waals surface area contributed by atoms with Crippen molar-refractivity contribution in [3.8, 4) is 0 Å². The summed E-state index contributed by atoms with van der Waals surface area (Å²) >= 11 is 0. The average Bonchev–Trinajstić information content (AvgIpc) is 2.67. The van der Waals surface area contributed by atoms with E-state index in [2.05, 4.69) is 11.9 Å². The number of amides is 1. The largest absolute Gasteiger partial charge is 0.383 e. The third kappa shape index (κ3) is 5.10. The molecule has 0 aliphatic rings. The van der Waals surface area contributed by atoms with E-state index in [0.29, 0.717) is 0 Å². The summed E-state index contributed by atoms with van der Waals surface area (Å²) in [6, 6.07) is 9.32. The van der Waals surface area contributed by atoms with Gasteiger partial charge in [-0.2, -0.15) is 0 Å². The Morgan fingerprint density at radius 2 is 1.86 bits per heavy atom. The minimum Gasteiger partial charge on any atom is -0.383 e. The van der Waals surface area contributed by atoms with Crippen molar-refractivity contribution >= 4 is 17.4 Å². The van der Waals surface area contributed by atoms with Crippen LogP contribution in [0.25, 0.3) is 0 Å². The van der Waals surface area contributed by atoms with Gasteiger partial charge in [-0.25, -0.2) is 4.79 Å². The maximum atomic E-state index is 12.8. The summed E-state index contributed by atoms with van der Waals surface area (Å²) in [4.78, 5) is 43.1. The topological polar surface area (TPSA) is 104 Å². The van der Waals surface area contributed by atoms with E-state index in [1.807, 2.05) is 42.3 Å². The lowest BCUT2D eigenvalue weighted by Crippen LogP contribution is -2.44. The number of hydrogen-bond donors (Lipinski definition) is 2. The summed E-state index contributed by atoms with van der Waals surface area (Å²) in [6.07, 6.45) is 2.02. The van der Waals surface area contributed by atoms with Crippen molar-refractivity contribution in [2.75, 3.05) is 37.3 Å². The molecule has 2 aromatic rings. The van der Waals surface area contributed by atoms with Crippen molar-refractivity contribution in [1.82, 2.24) is 14.5 Å². The summed E-state index contributed by atoms with van der Waals surface area (Å²) in [7, 11) is 1.87. The molecule has 3 N–H and O–H groups in total. The first kappa shape index (κ1) is 21.4. The van der Waals surface area contributed by atoms with Gasteiger partial charge in [-0.15, -0.1) is 0 Å². The van der Waals surface area contributed by atoms with Gasteiger partial charge in [0.05, 0.1) is 13.1 Å². The van der Waals surface area contributed by atoms with Crippen LogP contribution in [0.3, 0.4) is 0 Å². The highest BCUT2D eigenvalue weighted by molar-refractivity contribution is 5.96. The van der Waals surface area contributed by atoms with Crippen LogP contribution < -0.4 is 21.9 Å². The lowest BCUT2D eigenvalue weighted by atomic mass is 10.2. The lowest BCUT2D eigenvalue weighted by molar-refractivity contribution is -0.119. The zero-order valence-electron chi connectivity index (χ0n) is 16.8. The molecule has 152 valence electrons. The van der Waals surface area contributed by atoms with E-state index < -0.39 is 11.2 Å². The van der Waals surface area contributed by atoms with E-state index in [-0.39, 0.29) is 37.0 Å². The number of likely N-dealkylation sites (N-methyl/N-ethyl adjacent to an activating group) is 2. The SMILES string of the molecule is CCCCN(C)CC(=O)N(CC)c1c(N)n(Cc2ccccc2)c(=O)[nH]c1=O. The summed E-state index contributed by atoms with van der Waals surface area (Å²) < 4.78 is 1.28. The van der Waals surface area contributed by atoms with Crippen LogP contribution >= 0.6 is 0 Å². The Morgan fingerprint density at radius 1 is 1.18 bits per heavy atom. The molecule has 1 aromatic carbocycles. The van der Waals surface area contributed by atoms with E-state index >= 15 is 0 Å². The Kier molecular flexibility index (Phi) is 7.57. The number of nitrogens with two attached hydrogens (primary N) is 1. The molecule has 8 nitrogen and oxygen atoms in total. The van der Waals surface area contributed by atoms with Gasteiger partial charge in [0.15, 0.2) is 5.69 Å². The van der Waals surface area contributed by atoms with Crippen LogP contribution in [0.4, 0.5) is 11.5 Å². The number of H-pyrrole nitrogens is 1. The Bertz CT molecular complexity index is 904. The standard InChI is InChI=1S/C20H29N5O3/c1-4-6-12-23(3)14-16(26)24(5-2)17-18(21)25(20(28)22-19(17)27)13-15-10-8-7-9-11-15/h7-11H,4-6,12-14,21H2,1-3H3,(H,22,27,28).